The van der Waals surface area contributed by atoms with Gasteiger partial charge in [0.2, 0.25) is 0 Å². The molecule has 3 aromatic rings. The number of hydrogen-bond donors (Lipinski definition) is 0. The van der Waals surface area contributed by atoms with Crippen molar-refractivity contribution in [2.45, 2.75) is 33.2 Å². The van der Waals surface area contributed by atoms with Gasteiger partial charge in [-0.25, -0.2) is 4.98 Å². The van der Waals surface area contributed by atoms with Crippen LogP contribution in [0.25, 0.3) is 11.3 Å². The lowest BCUT2D eigenvalue weighted by Gasteiger charge is -2.33. The summed E-state index contributed by atoms with van der Waals surface area (Å²) in [6.45, 7) is 6.23. The van der Waals surface area contributed by atoms with Gasteiger partial charge in [-0.2, -0.15) is 0 Å². The molecule has 3 heterocycles. The number of hydrogen-bond acceptors (Lipinski definition) is 4. The van der Waals surface area contributed by atoms with Gasteiger partial charge in [0.15, 0.2) is 0 Å². The maximum atomic E-state index is 13.3. The van der Waals surface area contributed by atoms with E-state index >= 15 is 0 Å². The molecule has 0 radical (unpaired) electrons. The second kappa shape index (κ2) is 7.39. The van der Waals surface area contributed by atoms with Crippen LogP contribution in [0.4, 0.5) is 0 Å². The number of likely N-dealkylation sites (tertiary alicyclic amines) is 1. The van der Waals surface area contributed by atoms with Crippen molar-refractivity contribution in [2.75, 3.05) is 13.1 Å². The molecule has 0 spiro atoms. The minimum absolute atomic E-state index is 0.0136. The predicted octanol–water partition coefficient (Wildman–Crippen LogP) is 3.71. The molecule has 6 nitrogen and oxygen atoms in total. The van der Waals surface area contributed by atoms with Crippen molar-refractivity contribution in [3.63, 3.8) is 0 Å². The van der Waals surface area contributed by atoms with Gasteiger partial charge in [-0.15, -0.1) is 0 Å². The molecular formula is C21H24N4O2. The maximum Gasteiger partial charge on any atom is 0.259 e. The van der Waals surface area contributed by atoms with E-state index in [1.807, 2.05) is 61.5 Å². The molecule has 0 aliphatic carbocycles. The summed E-state index contributed by atoms with van der Waals surface area (Å²) in [5, 5.41) is 4.16. The normalized spacial score (nSPS) is 17.3. The molecule has 6 heteroatoms. The van der Waals surface area contributed by atoms with Crippen LogP contribution in [0.3, 0.4) is 0 Å². The topological polar surface area (TPSA) is 64.2 Å². The molecule has 1 aliphatic rings. The minimum Gasteiger partial charge on any atom is -0.360 e. The molecule has 27 heavy (non-hydrogen) atoms. The fourth-order valence-electron chi connectivity index (χ4n) is 3.85. The number of piperidine rings is 1. The van der Waals surface area contributed by atoms with Gasteiger partial charge < -0.3 is 14.0 Å². The molecule has 0 saturated carbocycles. The van der Waals surface area contributed by atoms with E-state index in [0.29, 0.717) is 22.9 Å². The summed E-state index contributed by atoms with van der Waals surface area (Å²) in [4.78, 5) is 19.5. The zero-order valence-electron chi connectivity index (χ0n) is 15.8. The first kappa shape index (κ1) is 17.5. The van der Waals surface area contributed by atoms with Crippen LogP contribution in [-0.4, -0.2) is 38.6 Å². The Hall–Kier alpha value is -2.89. The summed E-state index contributed by atoms with van der Waals surface area (Å²) >= 11 is 0. The number of carbonyl (C=O) groups is 1. The van der Waals surface area contributed by atoms with Gasteiger partial charge in [-0.05, 0) is 32.6 Å². The average molecular weight is 364 g/mol. The highest BCUT2D eigenvalue weighted by molar-refractivity contribution is 6.00. The lowest BCUT2D eigenvalue weighted by molar-refractivity contribution is 0.0661. The smallest absolute Gasteiger partial charge is 0.259 e. The summed E-state index contributed by atoms with van der Waals surface area (Å²) in [5.74, 6) is 2.03. The van der Waals surface area contributed by atoms with E-state index in [9.17, 15) is 4.79 Å². The fraction of sp³-hybridized carbons (Fsp3) is 0.381. The molecular weight excluding hydrogens is 340 g/mol. The van der Waals surface area contributed by atoms with Crippen molar-refractivity contribution in [1.29, 1.82) is 0 Å². The van der Waals surface area contributed by atoms with Crippen molar-refractivity contribution in [3.8, 4) is 11.3 Å². The van der Waals surface area contributed by atoms with Crippen LogP contribution in [0.5, 0.6) is 0 Å². The van der Waals surface area contributed by atoms with Crippen molar-refractivity contribution in [1.82, 2.24) is 19.6 Å². The van der Waals surface area contributed by atoms with Gasteiger partial charge in [0.25, 0.3) is 5.91 Å². The number of aromatic nitrogens is 3. The van der Waals surface area contributed by atoms with E-state index in [2.05, 4.69) is 14.7 Å². The van der Waals surface area contributed by atoms with E-state index in [-0.39, 0.29) is 5.91 Å². The molecule has 1 atom stereocenters. The number of aryl methyl sites for hydroxylation is 2. The molecule has 1 aromatic carbocycles. The zero-order chi connectivity index (χ0) is 18.8. The average Bonchev–Trinajstić information content (AvgIpc) is 3.28. The molecule has 1 fully saturated rings. The molecule has 1 amide bonds. The number of imidazole rings is 1. The van der Waals surface area contributed by atoms with Gasteiger partial charge in [0.05, 0.1) is 0 Å². The molecule has 1 saturated heterocycles. The summed E-state index contributed by atoms with van der Waals surface area (Å²) in [6.07, 6.45) is 5.96. The summed E-state index contributed by atoms with van der Waals surface area (Å²) in [6, 6.07) is 9.74. The van der Waals surface area contributed by atoms with Crippen LogP contribution in [-0.2, 0) is 6.54 Å². The van der Waals surface area contributed by atoms with Crippen LogP contribution >= 0.6 is 0 Å². The zero-order valence-corrected chi connectivity index (χ0v) is 15.8. The van der Waals surface area contributed by atoms with E-state index in [4.69, 9.17) is 4.52 Å². The first-order valence-corrected chi connectivity index (χ1v) is 9.42. The maximum absolute atomic E-state index is 13.3. The van der Waals surface area contributed by atoms with Crippen molar-refractivity contribution in [3.05, 3.63) is 59.9 Å². The van der Waals surface area contributed by atoms with Crippen molar-refractivity contribution >= 4 is 5.91 Å². The Morgan fingerprint density at radius 2 is 2.07 bits per heavy atom. The van der Waals surface area contributed by atoms with Crippen LogP contribution in [0.15, 0.2) is 47.2 Å². The molecule has 0 unspecified atom stereocenters. The van der Waals surface area contributed by atoms with Crippen LogP contribution in [0.1, 0.15) is 34.8 Å². The summed E-state index contributed by atoms with van der Waals surface area (Å²) in [5.41, 5.74) is 2.12. The molecule has 1 aliphatic heterocycles. The summed E-state index contributed by atoms with van der Waals surface area (Å²) in [7, 11) is 0. The number of amides is 1. The monoisotopic (exact) mass is 364 g/mol. The quantitative estimate of drug-likeness (QED) is 0.708. The number of carbonyl (C=O) groups excluding carboxylic acids is 1. The largest absolute Gasteiger partial charge is 0.360 e. The first-order valence-electron chi connectivity index (χ1n) is 9.42. The Bertz CT molecular complexity index is 929. The second-order valence-electron chi connectivity index (χ2n) is 7.21. The third-order valence-electron chi connectivity index (χ3n) is 5.31. The molecule has 2 aromatic heterocycles. The highest BCUT2D eigenvalue weighted by Crippen LogP contribution is 2.28. The summed E-state index contributed by atoms with van der Waals surface area (Å²) < 4.78 is 7.55. The number of nitrogens with zero attached hydrogens (tertiary/aromatic N) is 4. The lowest BCUT2D eigenvalue weighted by Crippen LogP contribution is -2.41. The van der Waals surface area contributed by atoms with Crippen LogP contribution in [0, 0.1) is 19.8 Å². The van der Waals surface area contributed by atoms with Gasteiger partial charge in [-0.1, -0.05) is 35.5 Å². The van der Waals surface area contributed by atoms with Crippen molar-refractivity contribution < 1.29 is 9.32 Å². The third kappa shape index (κ3) is 3.52. The van der Waals surface area contributed by atoms with E-state index in [0.717, 1.165) is 43.9 Å². The van der Waals surface area contributed by atoms with E-state index < -0.39 is 0 Å². The van der Waals surface area contributed by atoms with Gasteiger partial charge in [0.1, 0.15) is 22.8 Å². The minimum atomic E-state index is 0.0136. The third-order valence-corrected chi connectivity index (χ3v) is 5.31. The second-order valence-corrected chi connectivity index (χ2v) is 7.21. The first-order chi connectivity index (χ1) is 13.1. The molecule has 4 rings (SSSR count). The Morgan fingerprint density at radius 3 is 2.81 bits per heavy atom. The van der Waals surface area contributed by atoms with Crippen LogP contribution < -0.4 is 0 Å². The lowest BCUT2D eigenvalue weighted by atomic mass is 9.96. The van der Waals surface area contributed by atoms with Gasteiger partial charge in [-0.3, -0.25) is 4.79 Å². The Balaban J connectivity index is 1.55. The van der Waals surface area contributed by atoms with E-state index in [1.54, 1.807) is 0 Å². The highest BCUT2D eigenvalue weighted by atomic mass is 16.5. The van der Waals surface area contributed by atoms with Crippen molar-refractivity contribution in [2.24, 2.45) is 5.92 Å². The highest BCUT2D eigenvalue weighted by Gasteiger charge is 2.30. The molecule has 0 N–H and O–H groups in total. The predicted molar refractivity (Wildman–Crippen MR) is 102 cm³/mol. The van der Waals surface area contributed by atoms with Gasteiger partial charge >= 0.3 is 0 Å². The molecule has 140 valence electrons. The Morgan fingerprint density at radius 1 is 1.26 bits per heavy atom. The Kier molecular flexibility index (Phi) is 4.79. The SMILES string of the molecule is Cc1onc(-c2ccccc2)c1C(=O)N1CCC[C@H](Cn2ccnc2C)C1. The standard InChI is InChI=1S/C21H24N4O2/c1-15-19(20(23-27-15)18-8-4-3-5-9-18)21(26)25-11-6-7-17(14-25)13-24-12-10-22-16(24)2/h3-5,8-10,12,17H,6-7,11,13-14H2,1-2H3/t17-/m1/s1. The van der Waals surface area contributed by atoms with Crippen LogP contribution in [0.2, 0.25) is 0 Å². The number of benzene rings is 1. The van der Waals surface area contributed by atoms with E-state index in [1.165, 1.54) is 0 Å². The number of rotatable bonds is 4. The Labute approximate surface area is 158 Å². The fourth-order valence-corrected chi connectivity index (χ4v) is 3.85. The molecule has 0 bridgehead atoms. The van der Waals surface area contributed by atoms with Gasteiger partial charge in [0, 0.05) is 37.6 Å².